The number of nitrogens with one attached hydrogen (secondary N) is 1. The molecule has 1 N–H and O–H groups in total. The summed E-state index contributed by atoms with van der Waals surface area (Å²) in [5.41, 5.74) is 1.27. The van der Waals surface area contributed by atoms with Gasteiger partial charge in [-0.1, -0.05) is 6.07 Å². The fourth-order valence-corrected chi connectivity index (χ4v) is 2.47. The summed E-state index contributed by atoms with van der Waals surface area (Å²) in [5, 5.41) is 4.68. The molecule has 0 radical (unpaired) electrons. The lowest BCUT2D eigenvalue weighted by Gasteiger charge is -2.17. The lowest BCUT2D eigenvalue weighted by molar-refractivity contribution is -0.115. The van der Waals surface area contributed by atoms with Crippen LogP contribution in [0.4, 0.5) is 15.8 Å². The van der Waals surface area contributed by atoms with Crippen molar-refractivity contribution >= 4 is 28.6 Å². The minimum absolute atomic E-state index is 0.142. The molecular formula is C14H15FN2OS. The fourth-order valence-electron chi connectivity index (χ4n) is 1.76. The normalized spacial score (nSPS) is 10.3. The van der Waals surface area contributed by atoms with Crippen LogP contribution >= 0.6 is 11.3 Å². The minimum Gasteiger partial charge on any atom is -0.376 e. The van der Waals surface area contributed by atoms with E-state index in [1.54, 1.807) is 6.07 Å². The molecule has 0 atom stereocenters. The maximum absolute atomic E-state index is 13.3. The predicted octanol–water partition coefficient (Wildman–Crippen LogP) is 3.13. The van der Waals surface area contributed by atoms with Crippen molar-refractivity contribution < 1.29 is 9.18 Å². The molecule has 0 aliphatic rings. The van der Waals surface area contributed by atoms with Crippen molar-refractivity contribution in [2.24, 2.45) is 0 Å². The van der Waals surface area contributed by atoms with Gasteiger partial charge in [-0.2, -0.15) is 0 Å². The first-order valence-corrected chi connectivity index (χ1v) is 6.73. The number of carbonyl (C=O) groups is 1. The summed E-state index contributed by atoms with van der Waals surface area (Å²) in [6, 6.07) is 8.17. The second kappa shape index (κ2) is 5.84. The molecule has 0 aliphatic heterocycles. The highest BCUT2D eigenvalue weighted by atomic mass is 32.1. The minimum atomic E-state index is -0.364. The van der Waals surface area contributed by atoms with Gasteiger partial charge in [0.1, 0.15) is 5.82 Å². The second-order valence-corrected chi connectivity index (χ2v) is 5.39. The molecule has 19 heavy (non-hydrogen) atoms. The van der Waals surface area contributed by atoms with Crippen LogP contribution < -0.4 is 10.2 Å². The molecule has 0 aliphatic carbocycles. The Labute approximate surface area is 115 Å². The first-order chi connectivity index (χ1) is 9.06. The monoisotopic (exact) mass is 278 g/mol. The van der Waals surface area contributed by atoms with Gasteiger partial charge in [-0.3, -0.25) is 4.79 Å². The number of carbonyl (C=O) groups excluding carboxylic acids is 1. The van der Waals surface area contributed by atoms with Gasteiger partial charge < -0.3 is 10.2 Å². The molecule has 0 fully saturated rings. The zero-order chi connectivity index (χ0) is 13.8. The van der Waals surface area contributed by atoms with Gasteiger partial charge in [0.2, 0.25) is 5.91 Å². The average Bonchev–Trinajstić information content (AvgIpc) is 2.81. The van der Waals surface area contributed by atoms with E-state index in [0.29, 0.717) is 12.1 Å². The van der Waals surface area contributed by atoms with Crippen LogP contribution in [0.1, 0.15) is 4.88 Å². The van der Waals surface area contributed by atoms with E-state index in [1.807, 2.05) is 36.5 Å². The average molecular weight is 278 g/mol. The predicted molar refractivity (Wildman–Crippen MR) is 77.4 cm³/mol. The molecule has 5 heteroatoms. The Morgan fingerprint density at radius 2 is 2.16 bits per heavy atom. The Kier molecular flexibility index (Phi) is 4.16. The molecule has 0 unspecified atom stereocenters. The van der Waals surface area contributed by atoms with Crippen LogP contribution in [-0.4, -0.2) is 20.0 Å². The number of rotatable bonds is 4. The largest absolute Gasteiger partial charge is 0.376 e. The molecule has 1 aromatic carbocycles. The highest BCUT2D eigenvalue weighted by Gasteiger charge is 2.10. The topological polar surface area (TPSA) is 32.3 Å². The van der Waals surface area contributed by atoms with E-state index in [2.05, 4.69) is 5.32 Å². The van der Waals surface area contributed by atoms with Gasteiger partial charge in [-0.25, -0.2) is 4.39 Å². The van der Waals surface area contributed by atoms with Crippen molar-refractivity contribution in [2.45, 2.75) is 6.42 Å². The van der Waals surface area contributed by atoms with Crippen molar-refractivity contribution in [1.82, 2.24) is 0 Å². The first kappa shape index (κ1) is 13.5. The lowest BCUT2D eigenvalue weighted by Crippen LogP contribution is -2.18. The first-order valence-electron chi connectivity index (χ1n) is 5.85. The summed E-state index contributed by atoms with van der Waals surface area (Å²) < 4.78 is 13.3. The Morgan fingerprint density at radius 1 is 1.37 bits per heavy atom. The SMILES string of the molecule is CN(C)c1ccc(F)cc1NC(=O)Cc1cccs1. The third-order valence-corrected chi connectivity index (χ3v) is 3.51. The van der Waals surface area contributed by atoms with Gasteiger partial charge in [0.15, 0.2) is 0 Å². The zero-order valence-corrected chi connectivity index (χ0v) is 11.6. The molecule has 0 saturated heterocycles. The smallest absolute Gasteiger partial charge is 0.229 e. The van der Waals surface area contributed by atoms with E-state index >= 15 is 0 Å². The van der Waals surface area contributed by atoms with Gasteiger partial charge in [0.05, 0.1) is 17.8 Å². The lowest BCUT2D eigenvalue weighted by atomic mass is 10.2. The molecule has 0 saturated carbocycles. The molecular weight excluding hydrogens is 263 g/mol. The zero-order valence-electron chi connectivity index (χ0n) is 10.8. The Balaban J connectivity index is 2.13. The van der Waals surface area contributed by atoms with Gasteiger partial charge >= 0.3 is 0 Å². The number of amides is 1. The van der Waals surface area contributed by atoms with E-state index in [-0.39, 0.29) is 11.7 Å². The van der Waals surface area contributed by atoms with Gasteiger partial charge in [0.25, 0.3) is 0 Å². The van der Waals surface area contributed by atoms with Crippen LogP contribution in [-0.2, 0) is 11.2 Å². The van der Waals surface area contributed by atoms with E-state index < -0.39 is 0 Å². The maximum atomic E-state index is 13.3. The second-order valence-electron chi connectivity index (χ2n) is 4.36. The molecule has 1 aromatic heterocycles. The number of hydrogen-bond donors (Lipinski definition) is 1. The molecule has 3 nitrogen and oxygen atoms in total. The number of benzene rings is 1. The van der Waals surface area contributed by atoms with Gasteiger partial charge in [-0.15, -0.1) is 11.3 Å². The molecule has 100 valence electrons. The van der Waals surface area contributed by atoms with E-state index in [0.717, 1.165) is 10.6 Å². The quantitative estimate of drug-likeness (QED) is 0.932. The van der Waals surface area contributed by atoms with Crippen molar-refractivity contribution in [1.29, 1.82) is 0 Å². The third-order valence-electron chi connectivity index (χ3n) is 2.63. The summed E-state index contributed by atoms with van der Waals surface area (Å²) >= 11 is 1.53. The van der Waals surface area contributed by atoms with Crippen LogP contribution in [0.2, 0.25) is 0 Å². The standard InChI is InChI=1S/C14H15FN2OS/c1-17(2)13-6-5-10(15)8-12(13)16-14(18)9-11-4-3-7-19-11/h3-8H,9H2,1-2H3,(H,16,18). The summed E-state index contributed by atoms with van der Waals surface area (Å²) in [7, 11) is 3.70. The van der Waals surface area contributed by atoms with Crippen LogP contribution in [0.5, 0.6) is 0 Å². The Morgan fingerprint density at radius 3 is 2.79 bits per heavy atom. The third kappa shape index (κ3) is 3.54. The number of nitrogens with zero attached hydrogens (tertiary/aromatic N) is 1. The van der Waals surface area contributed by atoms with E-state index in [4.69, 9.17) is 0 Å². The van der Waals surface area contributed by atoms with Gasteiger partial charge in [-0.05, 0) is 29.6 Å². The van der Waals surface area contributed by atoms with Gasteiger partial charge in [0, 0.05) is 19.0 Å². The maximum Gasteiger partial charge on any atom is 0.229 e. The summed E-state index contributed by atoms with van der Waals surface area (Å²) in [6.45, 7) is 0. The number of thiophene rings is 1. The van der Waals surface area contributed by atoms with Crippen molar-refractivity contribution in [3.05, 3.63) is 46.4 Å². The summed E-state index contributed by atoms with van der Waals surface area (Å²) in [4.78, 5) is 14.7. The molecule has 1 heterocycles. The number of anilines is 2. The van der Waals surface area contributed by atoms with Crippen LogP contribution in [0.3, 0.4) is 0 Å². The van der Waals surface area contributed by atoms with Crippen LogP contribution in [0.15, 0.2) is 35.7 Å². The highest BCUT2D eigenvalue weighted by molar-refractivity contribution is 7.10. The number of halogens is 1. The molecule has 2 aromatic rings. The number of hydrogen-bond acceptors (Lipinski definition) is 3. The molecule has 0 bridgehead atoms. The summed E-state index contributed by atoms with van der Waals surface area (Å²) in [6.07, 6.45) is 0.307. The van der Waals surface area contributed by atoms with Crippen LogP contribution in [0, 0.1) is 5.82 Å². The highest BCUT2D eigenvalue weighted by Crippen LogP contribution is 2.25. The van der Waals surface area contributed by atoms with Crippen molar-refractivity contribution in [2.75, 3.05) is 24.3 Å². The summed E-state index contributed by atoms with van der Waals surface area (Å²) in [5.74, 6) is -0.506. The fraction of sp³-hybridized carbons (Fsp3) is 0.214. The Bertz CT molecular complexity index is 567. The van der Waals surface area contributed by atoms with Crippen molar-refractivity contribution in [3.8, 4) is 0 Å². The molecule has 2 rings (SSSR count). The Hall–Kier alpha value is -1.88. The van der Waals surface area contributed by atoms with Crippen molar-refractivity contribution in [3.63, 3.8) is 0 Å². The molecule has 1 amide bonds. The van der Waals surface area contributed by atoms with Crippen LogP contribution in [0.25, 0.3) is 0 Å². The molecule has 0 spiro atoms. The van der Waals surface area contributed by atoms with E-state index in [9.17, 15) is 9.18 Å². The van der Waals surface area contributed by atoms with E-state index in [1.165, 1.54) is 23.5 Å².